The molecule has 0 heterocycles. The van der Waals surface area contributed by atoms with E-state index in [2.05, 4.69) is 0 Å². The third kappa shape index (κ3) is 5.45. The minimum atomic E-state index is -1.53. The summed E-state index contributed by atoms with van der Waals surface area (Å²) in [4.78, 5) is 48.9. The maximum atomic E-state index is 12.6. The van der Waals surface area contributed by atoms with Gasteiger partial charge in [0.1, 0.15) is 24.4 Å². The highest BCUT2D eigenvalue weighted by molar-refractivity contribution is 5.68. The summed E-state index contributed by atoms with van der Waals surface area (Å²) in [6.07, 6.45) is -6.68. The molecule has 2 fully saturated rings. The van der Waals surface area contributed by atoms with Crippen LogP contribution in [0, 0.1) is 28.6 Å². The molecule has 3 aliphatic carbocycles. The van der Waals surface area contributed by atoms with Gasteiger partial charge >= 0.3 is 23.9 Å². The fourth-order valence-corrected chi connectivity index (χ4v) is 7.57. The Morgan fingerprint density at radius 2 is 1.38 bits per heavy atom. The second kappa shape index (κ2) is 11.2. The number of aliphatic hydroxyl groups is 3. The number of fused-ring (bicyclic) bond motifs is 3. The maximum Gasteiger partial charge on any atom is 0.303 e. The number of carbonyl (C=O) groups is 4. The third-order valence-corrected chi connectivity index (χ3v) is 9.22. The van der Waals surface area contributed by atoms with Crippen molar-refractivity contribution in [3.05, 3.63) is 11.1 Å². The van der Waals surface area contributed by atoms with E-state index in [0.717, 1.165) is 0 Å². The molecule has 11 heteroatoms. The van der Waals surface area contributed by atoms with E-state index in [1.54, 1.807) is 13.8 Å². The van der Waals surface area contributed by atoms with Crippen molar-refractivity contribution in [2.45, 2.75) is 105 Å². The van der Waals surface area contributed by atoms with Gasteiger partial charge in [0.25, 0.3) is 0 Å². The van der Waals surface area contributed by atoms with Gasteiger partial charge in [-0.1, -0.05) is 20.8 Å². The average molecular weight is 555 g/mol. The summed E-state index contributed by atoms with van der Waals surface area (Å²) in [5.74, 6) is -4.81. The van der Waals surface area contributed by atoms with E-state index in [1.807, 2.05) is 13.8 Å². The van der Waals surface area contributed by atoms with Gasteiger partial charge < -0.3 is 34.3 Å². The van der Waals surface area contributed by atoms with E-state index in [0.29, 0.717) is 11.1 Å². The van der Waals surface area contributed by atoms with Crippen molar-refractivity contribution in [1.29, 1.82) is 0 Å². The molecule has 3 N–H and O–H groups in total. The highest BCUT2D eigenvalue weighted by atomic mass is 16.6. The van der Waals surface area contributed by atoms with Crippen LogP contribution in [0.2, 0.25) is 0 Å². The number of rotatable bonds is 5. The Morgan fingerprint density at radius 3 is 1.87 bits per heavy atom. The van der Waals surface area contributed by atoms with Crippen molar-refractivity contribution < 1.29 is 53.4 Å². The zero-order valence-electron chi connectivity index (χ0n) is 23.9. The van der Waals surface area contributed by atoms with Crippen LogP contribution < -0.4 is 0 Å². The average Bonchev–Trinajstić information content (AvgIpc) is 2.79. The quantitative estimate of drug-likeness (QED) is 0.256. The number of esters is 4. The molecule has 0 aromatic carbocycles. The number of hydrogen-bond donors (Lipinski definition) is 3. The van der Waals surface area contributed by atoms with Crippen LogP contribution in [-0.2, 0) is 38.1 Å². The zero-order chi connectivity index (χ0) is 29.6. The van der Waals surface area contributed by atoms with Gasteiger partial charge in [0, 0.05) is 63.9 Å². The third-order valence-electron chi connectivity index (χ3n) is 9.22. The van der Waals surface area contributed by atoms with Gasteiger partial charge in [-0.15, -0.1) is 0 Å². The summed E-state index contributed by atoms with van der Waals surface area (Å²) < 4.78 is 22.9. The Hall–Kier alpha value is -2.50. The second-order valence-corrected chi connectivity index (χ2v) is 11.9. The van der Waals surface area contributed by atoms with Crippen molar-refractivity contribution in [1.82, 2.24) is 0 Å². The topological polar surface area (TPSA) is 166 Å². The summed E-state index contributed by atoms with van der Waals surface area (Å²) in [5.41, 5.74) is -1.25. The molecule has 0 aromatic rings. The summed E-state index contributed by atoms with van der Waals surface area (Å²) in [6.45, 7) is 11.5. The normalized spacial score (nSPS) is 39.4. The smallest absolute Gasteiger partial charge is 0.303 e. The van der Waals surface area contributed by atoms with E-state index >= 15 is 0 Å². The van der Waals surface area contributed by atoms with Gasteiger partial charge in [0.05, 0.1) is 6.10 Å². The van der Waals surface area contributed by atoms with Crippen molar-refractivity contribution in [3.8, 4) is 0 Å². The molecule has 10 atom stereocenters. The summed E-state index contributed by atoms with van der Waals surface area (Å²) in [7, 11) is 0. The van der Waals surface area contributed by atoms with Crippen LogP contribution >= 0.6 is 0 Å². The number of hydrogen-bond acceptors (Lipinski definition) is 11. The lowest BCUT2D eigenvalue weighted by atomic mass is 9.47. The summed E-state index contributed by atoms with van der Waals surface area (Å²) in [6, 6.07) is 0. The van der Waals surface area contributed by atoms with Crippen LogP contribution in [0.5, 0.6) is 0 Å². The fourth-order valence-electron chi connectivity index (χ4n) is 7.57. The minimum absolute atomic E-state index is 0.101. The second-order valence-electron chi connectivity index (χ2n) is 11.9. The molecule has 0 amide bonds. The zero-order valence-corrected chi connectivity index (χ0v) is 23.9. The van der Waals surface area contributed by atoms with Gasteiger partial charge in [-0.2, -0.15) is 0 Å². The fraction of sp³-hybridized carbons (Fsp3) is 0.786. The lowest BCUT2D eigenvalue weighted by Gasteiger charge is -2.62. The Labute approximate surface area is 228 Å². The van der Waals surface area contributed by atoms with Gasteiger partial charge in [-0.25, -0.2) is 0 Å². The highest BCUT2D eigenvalue weighted by Gasteiger charge is 2.67. The van der Waals surface area contributed by atoms with Crippen molar-refractivity contribution in [2.24, 2.45) is 28.6 Å². The van der Waals surface area contributed by atoms with Crippen LogP contribution in [0.25, 0.3) is 0 Å². The molecule has 39 heavy (non-hydrogen) atoms. The minimum Gasteiger partial charge on any atom is -0.462 e. The molecule has 220 valence electrons. The molecule has 0 aromatic heterocycles. The monoisotopic (exact) mass is 554 g/mol. The van der Waals surface area contributed by atoms with Gasteiger partial charge in [0.2, 0.25) is 0 Å². The van der Waals surface area contributed by atoms with E-state index in [1.165, 1.54) is 27.7 Å². The van der Waals surface area contributed by atoms with Crippen LogP contribution in [0.4, 0.5) is 0 Å². The molecule has 0 aliphatic heterocycles. The lowest BCUT2D eigenvalue weighted by Crippen LogP contribution is -2.69. The molecule has 0 radical (unpaired) electrons. The lowest BCUT2D eigenvalue weighted by molar-refractivity contribution is -0.249. The van der Waals surface area contributed by atoms with Gasteiger partial charge in [0.15, 0.2) is 6.10 Å². The Bertz CT molecular complexity index is 1030. The van der Waals surface area contributed by atoms with Crippen molar-refractivity contribution in [3.63, 3.8) is 0 Å². The van der Waals surface area contributed by atoms with Crippen molar-refractivity contribution in [2.75, 3.05) is 6.61 Å². The molecule has 2 bridgehead atoms. The standard InChI is InChI=1S/C28H42O11/c1-12-19(36-13(2)30)9-18-24(38-15(4)32)23-17(11-29)20(37-14(3)31)10-21(34)28(23,8)26(35)25(39-16(5)33)22(12)27(18,6)7/h17-21,23-26,29,34-35H,9-11H2,1-8H3/t17-,18+,19+,20-,21+,23+,24-,25-,26-,28-/m1/s1. The molecule has 0 saturated heterocycles. The van der Waals surface area contributed by atoms with Crippen LogP contribution in [0.3, 0.4) is 0 Å². The molecular formula is C28H42O11. The number of carbonyl (C=O) groups excluding carboxylic acids is 4. The molecule has 2 saturated carbocycles. The summed E-state index contributed by atoms with van der Waals surface area (Å²) >= 11 is 0. The van der Waals surface area contributed by atoms with E-state index < -0.39 is 95.7 Å². The first-order valence-electron chi connectivity index (χ1n) is 13.3. The van der Waals surface area contributed by atoms with Crippen LogP contribution in [0.15, 0.2) is 11.1 Å². The molecule has 11 nitrogen and oxygen atoms in total. The Balaban J connectivity index is 2.40. The SMILES string of the molecule is CC(=O)O[C@H]1[C@@H]2[C@H](CO)[C@H](OC(C)=O)C[C@H](O)[C@@]2(C)[C@H](O)[C@H](OC(C)=O)C2=C(C)[C@@H](OC(C)=O)C[C@@H]1C2(C)C. The van der Waals surface area contributed by atoms with E-state index in [9.17, 15) is 34.5 Å². The predicted molar refractivity (Wildman–Crippen MR) is 136 cm³/mol. The molecule has 0 unspecified atom stereocenters. The van der Waals surface area contributed by atoms with E-state index in [4.69, 9.17) is 18.9 Å². The first-order valence-corrected chi connectivity index (χ1v) is 13.3. The number of aliphatic hydroxyl groups excluding tert-OH is 3. The van der Waals surface area contributed by atoms with Gasteiger partial charge in [-0.05, 0) is 29.9 Å². The molecule has 0 spiro atoms. The molecular weight excluding hydrogens is 512 g/mol. The molecule has 3 aliphatic rings. The largest absolute Gasteiger partial charge is 0.462 e. The number of ether oxygens (including phenoxy) is 4. The first-order chi connectivity index (χ1) is 18.0. The summed E-state index contributed by atoms with van der Waals surface area (Å²) in [5, 5.41) is 34.3. The Kier molecular flexibility index (Phi) is 8.89. The molecule has 3 rings (SSSR count). The predicted octanol–water partition coefficient (Wildman–Crippen LogP) is 1.45. The Morgan fingerprint density at radius 1 is 0.846 bits per heavy atom. The van der Waals surface area contributed by atoms with E-state index in [-0.39, 0.29) is 12.8 Å². The maximum absolute atomic E-state index is 12.6. The highest BCUT2D eigenvalue weighted by Crippen LogP contribution is 2.60. The first kappa shape index (κ1) is 31.0. The van der Waals surface area contributed by atoms with Crippen LogP contribution in [0.1, 0.15) is 68.2 Å². The van der Waals surface area contributed by atoms with Gasteiger partial charge in [-0.3, -0.25) is 19.2 Å². The van der Waals surface area contributed by atoms with Crippen LogP contribution in [-0.4, -0.2) is 82.4 Å². The van der Waals surface area contributed by atoms with Crippen molar-refractivity contribution >= 4 is 23.9 Å².